The van der Waals surface area contributed by atoms with Crippen LogP contribution in [0.5, 0.6) is 0 Å². The first-order valence-electron chi connectivity index (χ1n) is 7.31. The smallest absolute Gasteiger partial charge is 0.248 e. The zero-order chi connectivity index (χ0) is 14.7. The number of carbonyl (C=O) groups is 1. The monoisotopic (exact) mass is 291 g/mol. The molecule has 2 aliphatic heterocycles. The van der Waals surface area contributed by atoms with Gasteiger partial charge in [-0.25, -0.2) is 9.97 Å². The van der Waals surface area contributed by atoms with Crippen molar-refractivity contribution < 1.29 is 9.53 Å². The molecule has 0 radical (unpaired) electrons. The minimum Gasteiger partial charge on any atom is -0.363 e. The van der Waals surface area contributed by atoms with E-state index < -0.39 is 0 Å². The quantitative estimate of drug-likeness (QED) is 0.807. The van der Waals surface area contributed by atoms with Crippen LogP contribution in [-0.4, -0.2) is 72.3 Å². The van der Waals surface area contributed by atoms with E-state index in [2.05, 4.69) is 20.2 Å². The molecule has 0 spiro atoms. The van der Waals surface area contributed by atoms with Crippen LogP contribution in [0.1, 0.15) is 6.92 Å². The first kappa shape index (κ1) is 14.2. The molecule has 3 rings (SSSR count). The molecule has 7 nitrogen and oxygen atoms in total. The van der Waals surface area contributed by atoms with Crippen LogP contribution in [0.2, 0.25) is 0 Å². The van der Waals surface area contributed by atoms with Gasteiger partial charge in [0.15, 0.2) is 0 Å². The number of amides is 1. The van der Waals surface area contributed by atoms with Gasteiger partial charge in [0.25, 0.3) is 0 Å². The topological polar surface area (TPSA) is 70.6 Å². The van der Waals surface area contributed by atoms with E-state index in [1.54, 1.807) is 18.5 Å². The molecule has 2 saturated heterocycles. The molecule has 3 heterocycles. The third-order valence-electron chi connectivity index (χ3n) is 4.01. The molecule has 0 bridgehead atoms. The van der Waals surface area contributed by atoms with Crippen LogP contribution >= 0.6 is 0 Å². The average Bonchev–Trinajstić information content (AvgIpc) is 2.52. The van der Waals surface area contributed by atoms with Crippen molar-refractivity contribution in [3.63, 3.8) is 0 Å². The van der Waals surface area contributed by atoms with Gasteiger partial charge in [-0.1, -0.05) is 0 Å². The number of anilines is 1. The molecule has 1 aromatic heterocycles. The lowest BCUT2D eigenvalue weighted by atomic mass is 10.0. The summed E-state index contributed by atoms with van der Waals surface area (Å²) >= 11 is 0. The average molecular weight is 291 g/mol. The van der Waals surface area contributed by atoms with Crippen LogP contribution in [0.15, 0.2) is 18.5 Å². The van der Waals surface area contributed by atoms with Crippen molar-refractivity contribution in [1.82, 2.24) is 20.2 Å². The van der Waals surface area contributed by atoms with Crippen molar-refractivity contribution in [3.05, 3.63) is 18.5 Å². The second-order valence-corrected chi connectivity index (χ2v) is 5.76. The highest BCUT2D eigenvalue weighted by Gasteiger charge is 2.34. The van der Waals surface area contributed by atoms with Crippen LogP contribution in [0, 0.1) is 0 Å². The summed E-state index contributed by atoms with van der Waals surface area (Å²) in [6.07, 6.45) is 3.47. The van der Waals surface area contributed by atoms with E-state index in [4.69, 9.17) is 4.74 Å². The van der Waals surface area contributed by atoms with Crippen molar-refractivity contribution >= 4 is 11.9 Å². The van der Waals surface area contributed by atoms with Gasteiger partial charge >= 0.3 is 0 Å². The molecule has 0 aliphatic carbocycles. The number of hydrogen-bond acceptors (Lipinski definition) is 6. The van der Waals surface area contributed by atoms with E-state index in [9.17, 15) is 4.79 Å². The molecule has 0 atom stereocenters. The van der Waals surface area contributed by atoms with Crippen molar-refractivity contribution in [2.75, 3.05) is 50.8 Å². The summed E-state index contributed by atoms with van der Waals surface area (Å²) in [6, 6.07) is 1.80. The molecule has 2 aliphatic rings. The van der Waals surface area contributed by atoms with E-state index in [0.29, 0.717) is 13.1 Å². The fourth-order valence-electron chi connectivity index (χ4n) is 2.52. The van der Waals surface area contributed by atoms with Gasteiger partial charge in [0.2, 0.25) is 11.9 Å². The standard InChI is InChI=1S/C14H21N5O2/c1-14(10-15-11-14)21-9-12(20)18-5-7-19(8-6-18)13-16-3-2-4-17-13/h2-4,15H,5-11H2,1H3. The highest BCUT2D eigenvalue weighted by atomic mass is 16.5. The predicted molar refractivity (Wildman–Crippen MR) is 78.1 cm³/mol. The Balaban J connectivity index is 1.45. The maximum atomic E-state index is 12.2. The van der Waals surface area contributed by atoms with Gasteiger partial charge in [0, 0.05) is 51.7 Å². The molecule has 1 amide bonds. The van der Waals surface area contributed by atoms with Crippen LogP contribution in [0.3, 0.4) is 0 Å². The van der Waals surface area contributed by atoms with Crippen LogP contribution in [0.25, 0.3) is 0 Å². The molecule has 0 aromatic carbocycles. The maximum Gasteiger partial charge on any atom is 0.248 e. The molecule has 2 fully saturated rings. The number of carbonyl (C=O) groups excluding carboxylic acids is 1. The summed E-state index contributed by atoms with van der Waals surface area (Å²) in [5, 5.41) is 3.16. The third kappa shape index (κ3) is 3.30. The van der Waals surface area contributed by atoms with Crippen molar-refractivity contribution in [1.29, 1.82) is 0 Å². The number of aromatic nitrogens is 2. The lowest BCUT2D eigenvalue weighted by Crippen LogP contribution is -2.60. The Labute approximate surface area is 124 Å². The maximum absolute atomic E-state index is 12.2. The van der Waals surface area contributed by atoms with E-state index in [1.165, 1.54) is 0 Å². The fraction of sp³-hybridized carbons (Fsp3) is 0.643. The van der Waals surface area contributed by atoms with Gasteiger partial charge in [-0.15, -0.1) is 0 Å². The number of nitrogens with one attached hydrogen (secondary N) is 1. The number of rotatable bonds is 4. The normalized spacial score (nSPS) is 21.0. The lowest BCUT2D eigenvalue weighted by Gasteiger charge is -2.40. The van der Waals surface area contributed by atoms with Crippen LogP contribution in [-0.2, 0) is 9.53 Å². The summed E-state index contributed by atoms with van der Waals surface area (Å²) < 4.78 is 5.70. The highest BCUT2D eigenvalue weighted by Crippen LogP contribution is 2.16. The summed E-state index contributed by atoms with van der Waals surface area (Å²) in [6.45, 7) is 6.73. The zero-order valence-corrected chi connectivity index (χ0v) is 12.3. The Morgan fingerprint density at radius 3 is 2.52 bits per heavy atom. The minimum absolute atomic E-state index is 0.0664. The second-order valence-electron chi connectivity index (χ2n) is 5.76. The summed E-state index contributed by atoms with van der Waals surface area (Å²) in [4.78, 5) is 24.6. The van der Waals surface area contributed by atoms with E-state index in [0.717, 1.165) is 32.1 Å². The summed E-state index contributed by atoms with van der Waals surface area (Å²) in [5.74, 6) is 0.797. The second kappa shape index (κ2) is 5.95. The molecule has 1 aromatic rings. The Bertz CT molecular complexity index is 483. The zero-order valence-electron chi connectivity index (χ0n) is 12.3. The third-order valence-corrected chi connectivity index (χ3v) is 4.01. The Hall–Kier alpha value is -1.73. The molecule has 1 N–H and O–H groups in total. The van der Waals surface area contributed by atoms with Crippen molar-refractivity contribution in [2.45, 2.75) is 12.5 Å². The SMILES string of the molecule is CC1(OCC(=O)N2CCN(c3ncccn3)CC2)CNC1. The van der Waals surface area contributed by atoms with Gasteiger partial charge in [0.05, 0.1) is 5.60 Å². The molecule has 0 unspecified atom stereocenters. The molecular formula is C14H21N5O2. The van der Waals surface area contributed by atoms with Crippen molar-refractivity contribution in [3.8, 4) is 0 Å². The predicted octanol–water partition coefficient (Wildman–Crippen LogP) is -0.496. The summed E-state index contributed by atoms with van der Waals surface area (Å²) in [5.41, 5.74) is -0.171. The number of piperazine rings is 1. The fourth-order valence-corrected chi connectivity index (χ4v) is 2.52. The van der Waals surface area contributed by atoms with Gasteiger partial charge < -0.3 is 19.9 Å². The largest absolute Gasteiger partial charge is 0.363 e. The van der Waals surface area contributed by atoms with E-state index in [1.807, 2.05) is 11.8 Å². The molecule has 0 saturated carbocycles. The van der Waals surface area contributed by atoms with Gasteiger partial charge in [0.1, 0.15) is 6.61 Å². The van der Waals surface area contributed by atoms with Crippen LogP contribution in [0.4, 0.5) is 5.95 Å². The van der Waals surface area contributed by atoms with Gasteiger partial charge in [-0.2, -0.15) is 0 Å². The Kier molecular flexibility index (Phi) is 4.03. The van der Waals surface area contributed by atoms with Crippen LogP contribution < -0.4 is 10.2 Å². The summed E-state index contributed by atoms with van der Waals surface area (Å²) in [7, 11) is 0. The van der Waals surface area contributed by atoms with E-state index in [-0.39, 0.29) is 18.1 Å². The minimum atomic E-state index is -0.171. The van der Waals surface area contributed by atoms with Crippen molar-refractivity contribution in [2.24, 2.45) is 0 Å². The van der Waals surface area contributed by atoms with Gasteiger partial charge in [-0.3, -0.25) is 4.79 Å². The molecule has 21 heavy (non-hydrogen) atoms. The Morgan fingerprint density at radius 2 is 1.95 bits per heavy atom. The first-order chi connectivity index (χ1) is 10.2. The molecule has 7 heteroatoms. The first-order valence-corrected chi connectivity index (χ1v) is 7.31. The number of hydrogen-bond donors (Lipinski definition) is 1. The molecular weight excluding hydrogens is 270 g/mol. The Morgan fingerprint density at radius 1 is 1.29 bits per heavy atom. The number of nitrogens with zero attached hydrogens (tertiary/aromatic N) is 4. The lowest BCUT2D eigenvalue weighted by molar-refractivity contribution is -0.146. The highest BCUT2D eigenvalue weighted by molar-refractivity contribution is 5.77. The number of ether oxygens (including phenoxy) is 1. The van der Waals surface area contributed by atoms with E-state index >= 15 is 0 Å². The van der Waals surface area contributed by atoms with Gasteiger partial charge in [-0.05, 0) is 13.0 Å². The molecule has 114 valence electrons.